The molecule has 0 bridgehead atoms. The Morgan fingerprint density at radius 1 is 0.478 bits per heavy atom. The van der Waals surface area contributed by atoms with E-state index in [1.54, 1.807) is 124 Å². The number of methoxy groups -OCH3 is 4. The maximum absolute atomic E-state index is 13.5. The van der Waals surface area contributed by atoms with Crippen LogP contribution >= 0.6 is 23.2 Å². The number of ether oxygens (including phenoxy) is 4. The first kappa shape index (κ1) is 97.7. The summed E-state index contributed by atoms with van der Waals surface area (Å²) < 4.78 is 21.5. The number of nitrogens with zero attached hydrogens (tertiary/aromatic N) is 18. The van der Waals surface area contributed by atoms with Gasteiger partial charge in [-0.2, -0.15) is 19.9 Å². The van der Waals surface area contributed by atoms with Gasteiger partial charge in [0.15, 0.2) is 11.6 Å². The largest absolute Gasteiger partial charge is 0.497 e. The van der Waals surface area contributed by atoms with E-state index in [1.165, 1.54) is 78.0 Å². The zero-order valence-corrected chi connectivity index (χ0v) is 79.8. The van der Waals surface area contributed by atoms with Gasteiger partial charge in [0.1, 0.15) is 56.3 Å². The molecule has 712 valence electrons. The van der Waals surface area contributed by atoms with Crippen molar-refractivity contribution in [3.63, 3.8) is 0 Å². The highest BCUT2D eigenvalue weighted by molar-refractivity contribution is 6.42. The van der Waals surface area contributed by atoms with Crippen LogP contribution in [0.5, 0.6) is 23.0 Å². The van der Waals surface area contributed by atoms with E-state index in [4.69, 9.17) is 47.1 Å². The molecule has 5 N–H and O–H groups in total. The summed E-state index contributed by atoms with van der Waals surface area (Å²) in [5.74, 6) is 5.49. The zero-order valence-electron chi connectivity index (χ0n) is 78.3. The second-order valence-corrected chi connectivity index (χ2v) is 34.9. The fourth-order valence-corrected chi connectivity index (χ4v) is 18.5. The van der Waals surface area contributed by atoms with Crippen molar-refractivity contribution in [1.82, 2.24) is 59.5 Å². The van der Waals surface area contributed by atoms with Crippen molar-refractivity contribution in [2.24, 2.45) is 0 Å². The quantitative estimate of drug-likeness (QED) is 0.0284. The molecule has 136 heavy (non-hydrogen) atoms. The van der Waals surface area contributed by atoms with Crippen molar-refractivity contribution in [2.45, 2.75) is 160 Å². The average molecular weight is 1890 g/mol. The van der Waals surface area contributed by atoms with Crippen LogP contribution in [0.3, 0.4) is 0 Å². The zero-order chi connectivity index (χ0) is 96.7. The molecule has 2 unspecified atom stereocenters. The Balaban J connectivity index is 0.000000147. The minimum absolute atomic E-state index is 0.0129. The predicted octanol–water partition coefficient (Wildman–Crippen LogP) is 17.2. The Morgan fingerprint density at radius 2 is 0.934 bits per heavy atom. The third kappa shape index (κ3) is 22.3. The lowest BCUT2D eigenvalue weighted by molar-refractivity contribution is -0.127. The van der Waals surface area contributed by atoms with Crippen LogP contribution in [0.2, 0.25) is 10.0 Å². The molecule has 8 aliphatic rings. The smallest absolute Gasteiger partial charge is 0.330 e. The van der Waals surface area contributed by atoms with Gasteiger partial charge in [0.25, 0.3) is 0 Å². The second-order valence-electron chi connectivity index (χ2n) is 34.2. The number of para-hydroxylation sites is 3. The van der Waals surface area contributed by atoms with Gasteiger partial charge in [-0.3, -0.25) is 48.6 Å². The number of benzene rings is 5. The molecule has 37 heteroatoms. The normalized spacial score (nSPS) is 17.0. The fourth-order valence-electron chi connectivity index (χ4n) is 17.8. The van der Waals surface area contributed by atoms with Gasteiger partial charge in [0.2, 0.25) is 35.6 Å². The maximum Gasteiger partial charge on any atom is 0.330 e. The molecule has 17 rings (SSSR count). The number of nitrogens with one attached hydrogen (secondary N) is 5. The molecular weight excluding hydrogens is 1770 g/mol. The van der Waals surface area contributed by atoms with Gasteiger partial charge in [-0.05, 0) is 142 Å². The molecule has 9 aromatic rings. The highest BCUT2D eigenvalue weighted by atomic mass is 35.5. The number of hydrogen-bond donors (Lipinski definition) is 5. The van der Waals surface area contributed by atoms with Crippen molar-refractivity contribution in [2.75, 3.05) is 139 Å². The lowest BCUT2D eigenvalue weighted by atomic mass is 9.87. The molecule has 1 saturated heterocycles. The number of ketones is 2. The lowest BCUT2D eigenvalue weighted by Gasteiger charge is -2.40. The van der Waals surface area contributed by atoms with Gasteiger partial charge in [-0.15, -0.1) is 0 Å². The van der Waals surface area contributed by atoms with Gasteiger partial charge in [-0.25, -0.2) is 39.1 Å². The molecule has 4 aromatic heterocycles. The first-order chi connectivity index (χ1) is 65.7. The van der Waals surface area contributed by atoms with E-state index < -0.39 is 0 Å². The first-order valence-corrected chi connectivity index (χ1v) is 46.1. The summed E-state index contributed by atoms with van der Waals surface area (Å²) in [6, 6.07) is 27.9. The summed E-state index contributed by atoms with van der Waals surface area (Å²) in [5, 5.41) is 16.2. The fraction of sp³-hybridized carbons (Fsp3) is 0.374. The molecule has 0 spiro atoms. The molecule has 4 fully saturated rings. The number of fused-ring (bicyclic) bond motifs is 4. The summed E-state index contributed by atoms with van der Waals surface area (Å²) in [6.45, 7) is 21.2. The van der Waals surface area contributed by atoms with Crippen LogP contribution in [-0.4, -0.2) is 214 Å². The van der Waals surface area contributed by atoms with Crippen LogP contribution in [0.4, 0.5) is 100 Å². The lowest BCUT2D eigenvalue weighted by Crippen LogP contribution is -2.50. The average Bonchev–Trinajstić information content (AvgIpc) is 1.10. The highest BCUT2D eigenvalue weighted by Gasteiger charge is 2.42. The van der Waals surface area contributed by atoms with Crippen molar-refractivity contribution in [1.29, 1.82) is 0 Å². The van der Waals surface area contributed by atoms with Gasteiger partial charge in [0.05, 0.1) is 83.4 Å². The minimum atomic E-state index is -0.372. The van der Waals surface area contributed by atoms with Crippen molar-refractivity contribution < 1.29 is 57.3 Å². The summed E-state index contributed by atoms with van der Waals surface area (Å²) in [5.41, 5.74) is 10.0. The highest BCUT2D eigenvalue weighted by Crippen LogP contribution is 2.49. The van der Waals surface area contributed by atoms with E-state index in [1.807, 2.05) is 58.3 Å². The number of urea groups is 4. The number of allylic oxidation sites excluding steroid dienone is 2. The summed E-state index contributed by atoms with van der Waals surface area (Å²) in [6.07, 6.45) is 26.5. The Labute approximate surface area is 801 Å². The van der Waals surface area contributed by atoms with Crippen LogP contribution in [-0.2, 0) is 58.2 Å². The number of hydrogen-bond acceptors (Lipinski definition) is 25. The van der Waals surface area contributed by atoms with Crippen LogP contribution < -0.4 is 74.9 Å². The van der Waals surface area contributed by atoms with E-state index in [2.05, 4.69) is 112 Å². The van der Waals surface area contributed by atoms with Crippen LogP contribution in [0.15, 0.2) is 166 Å². The van der Waals surface area contributed by atoms with E-state index in [0.717, 1.165) is 123 Å². The number of likely N-dealkylation sites (tertiary alicyclic amines) is 1. The molecular formula is C99H115Cl2N23O12. The number of piperidine rings is 1. The predicted molar refractivity (Wildman–Crippen MR) is 528 cm³/mol. The molecule has 35 nitrogen and oxygen atoms in total. The monoisotopic (exact) mass is 1890 g/mol. The molecule has 0 radical (unpaired) electrons. The molecule has 9 heterocycles. The minimum Gasteiger partial charge on any atom is -0.497 e. The van der Waals surface area contributed by atoms with Gasteiger partial charge in [-0.1, -0.05) is 131 Å². The third-order valence-corrected chi connectivity index (χ3v) is 26.3. The number of amides is 10. The number of likely N-dealkylation sites (N-methyl/N-ethyl adjacent to an activating group) is 1. The number of halogens is 2. The Hall–Kier alpha value is -14.3. The van der Waals surface area contributed by atoms with Gasteiger partial charge in [0, 0.05) is 149 Å². The maximum atomic E-state index is 13.5. The number of aromatic nitrogens is 8. The molecule has 5 aromatic carbocycles. The Kier molecular flexibility index (Phi) is 31.8. The van der Waals surface area contributed by atoms with Gasteiger partial charge < -0.3 is 65.1 Å². The number of anilines is 14. The Morgan fingerprint density at radius 3 is 1.45 bits per heavy atom. The summed E-state index contributed by atoms with van der Waals surface area (Å²) >= 11 is 13.1. The molecule has 3 aliphatic carbocycles. The van der Waals surface area contributed by atoms with Crippen LogP contribution in [0.25, 0.3) is 0 Å². The second kappa shape index (κ2) is 44.2. The molecule has 5 aliphatic heterocycles. The first-order valence-electron chi connectivity index (χ1n) is 45.4. The molecule has 10 amide bonds. The van der Waals surface area contributed by atoms with E-state index in [0.29, 0.717) is 130 Å². The van der Waals surface area contributed by atoms with E-state index in [-0.39, 0.29) is 94.7 Å². The molecule has 3 saturated carbocycles. The molecule has 2 atom stereocenters. The summed E-state index contributed by atoms with van der Waals surface area (Å²) in [4.78, 5) is 154. The third-order valence-electron chi connectivity index (χ3n) is 25.6. The summed E-state index contributed by atoms with van der Waals surface area (Å²) in [7, 11) is 14.7. The number of carbonyl (C=O) groups is 8. The number of carbonyl (C=O) groups excluding carboxylic acids is 8. The number of rotatable bonds is 28. The van der Waals surface area contributed by atoms with Gasteiger partial charge >= 0.3 is 24.1 Å². The van der Waals surface area contributed by atoms with Crippen molar-refractivity contribution >= 4 is 152 Å². The van der Waals surface area contributed by atoms with E-state index in [9.17, 15) is 38.4 Å². The SMILES string of the molecule is C=CC(=O)Cc1cc(C2CCN(CC)CC2)ccc1Nc1ncc2c(n1)N(C)C(=O)N(c1cc(OC)cc(OC)c1)C2.C=CC(=O)Cc1ccccc1Nc1ncc2c(n1)N(C)C(=O)N(C1CC1)C2.C=CC(=O)N(C)C1CCCCC1Nc1ncc2c(n1)N(C)C(=O)N(c1c(Cl)c(OC)cc(OC)c1Cl)C2.C=CC(=O)Nc1ccccc1Nc1ncc2c(n1)N(C)C(=O)N(C1CCCCC1)C2. The standard InChI is InChI=1S/C32H38N6O4.C25H30Cl2N6O4.C22H26N6O2.C20H21N5O2/c1-6-26(39)15-23-14-22(21-10-12-37(7-2)13-11-21)8-9-29(23)34-31-33-19-24-20-38(32(40)36(3)30(24)35-31)25-16-27(41-4)18-28(17-25)42-5;1-6-19(34)31(2)16-10-8-7-9-15(16)29-24-28-12-14-13-33(25(35)32(3)23(14)30-24)22-20(26)17(36-4)11-18(37-5)21(22)27;1-3-19(29)24-17-11-7-8-12-18(17)25-21-23-13-15-14-28(16-9-5-4-6-10-16)22(30)27(2)20(15)26-21;1-3-16(26)10-13-6-4-5-7-17(13)22-19-21-11-14-12-25(15-8-9-15)20(27)24(2)18(14)23-19/h6,8-9,14,16-19,21H,1,7,10-13,15,20H2,2-5H3,(H,33,34,35);6,11-12,15-16H,1,7-10,13H2,2-5H3,(H,28,29,30);3,7-8,11-13,16H,1,4-6,9-10,14H2,2H3,(H,24,29)(H,23,25,26);3-7,11,15H,1,8-10,12H2,2H3,(H,21,22,23). The Bertz CT molecular complexity index is 5980. The van der Waals surface area contributed by atoms with E-state index >= 15 is 0 Å². The van der Waals surface area contributed by atoms with Crippen molar-refractivity contribution in [3.05, 3.63) is 215 Å². The topological polar surface area (TPSA) is 369 Å². The van der Waals surface area contributed by atoms with Crippen molar-refractivity contribution in [3.8, 4) is 23.0 Å². The van der Waals surface area contributed by atoms with Crippen LogP contribution in [0.1, 0.15) is 135 Å². The van der Waals surface area contributed by atoms with Crippen LogP contribution in [0, 0.1) is 0 Å².